The molecule has 9 nitrogen and oxygen atoms in total. The molecule has 4 aromatic rings. The molecule has 3 aromatic carbocycles. The van der Waals surface area contributed by atoms with Crippen LogP contribution in [0.15, 0.2) is 82.7 Å². The van der Waals surface area contributed by atoms with Crippen LogP contribution in [0.3, 0.4) is 0 Å². The van der Waals surface area contributed by atoms with E-state index < -0.39 is 28.4 Å². The number of benzene rings is 3. The lowest BCUT2D eigenvalue weighted by molar-refractivity contribution is -0.384. The summed E-state index contributed by atoms with van der Waals surface area (Å²) in [5, 5.41) is 31.3. The fourth-order valence-corrected chi connectivity index (χ4v) is 5.95. The lowest BCUT2D eigenvalue weighted by atomic mass is 9.95. The van der Waals surface area contributed by atoms with Gasteiger partial charge in [-0.2, -0.15) is 0 Å². The Labute approximate surface area is 233 Å². The van der Waals surface area contributed by atoms with Crippen molar-refractivity contribution in [3.05, 3.63) is 116 Å². The number of non-ortho nitro benzene ring substituents is 1. The smallest absolute Gasteiger partial charge is 0.301 e. The summed E-state index contributed by atoms with van der Waals surface area (Å²) in [4.78, 5) is 38.5. The third kappa shape index (κ3) is 5.39. The van der Waals surface area contributed by atoms with Crippen molar-refractivity contribution in [3.8, 4) is 0 Å². The van der Waals surface area contributed by atoms with Gasteiger partial charge in [-0.3, -0.25) is 24.6 Å². The van der Waals surface area contributed by atoms with E-state index in [2.05, 4.69) is 10.2 Å². The van der Waals surface area contributed by atoms with Gasteiger partial charge in [0.25, 0.3) is 11.5 Å². The average molecular weight is 583 g/mol. The number of anilines is 1. The number of carbonyl (C=O) groups is 2. The minimum atomic E-state index is -1.21. The summed E-state index contributed by atoms with van der Waals surface area (Å²) in [6.07, 6.45) is 0. The highest BCUT2D eigenvalue weighted by molar-refractivity contribution is 8.00. The monoisotopic (exact) mass is 582 g/mol. The van der Waals surface area contributed by atoms with Gasteiger partial charge in [0.1, 0.15) is 11.6 Å². The molecule has 0 saturated carbocycles. The van der Waals surface area contributed by atoms with Crippen molar-refractivity contribution in [2.24, 2.45) is 0 Å². The van der Waals surface area contributed by atoms with Crippen LogP contribution in [0.2, 0.25) is 5.02 Å². The molecule has 1 amide bonds. The molecule has 5 rings (SSSR count). The summed E-state index contributed by atoms with van der Waals surface area (Å²) in [7, 11) is 0. The summed E-state index contributed by atoms with van der Waals surface area (Å²) >= 11 is 8.30. The van der Waals surface area contributed by atoms with Crippen LogP contribution < -0.4 is 4.90 Å². The lowest BCUT2D eigenvalue weighted by Crippen LogP contribution is -2.29. The number of aliphatic hydroxyl groups excluding tert-OH is 1. The number of nitro groups is 1. The Morgan fingerprint density at radius 3 is 2.51 bits per heavy atom. The van der Waals surface area contributed by atoms with Crippen molar-refractivity contribution < 1.29 is 24.0 Å². The van der Waals surface area contributed by atoms with Gasteiger partial charge in [0.2, 0.25) is 5.13 Å². The molecule has 0 radical (unpaired) electrons. The normalized spacial score (nSPS) is 16.6. The molecule has 1 aliphatic rings. The molecule has 196 valence electrons. The van der Waals surface area contributed by atoms with Crippen molar-refractivity contribution >= 4 is 63.0 Å². The van der Waals surface area contributed by atoms with Crippen LogP contribution in [0, 0.1) is 15.9 Å². The Kier molecular flexibility index (Phi) is 7.42. The molecule has 1 N–H and O–H groups in total. The van der Waals surface area contributed by atoms with Crippen LogP contribution >= 0.6 is 34.7 Å². The average Bonchev–Trinajstić information content (AvgIpc) is 3.50. The van der Waals surface area contributed by atoms with E-state index in [4.69, 9.17) is 11.6 Å². The topological polar surface area (TPSA) is 127 Å². The molecule has 1 fully saturated rings. The van der Waals surface area contributed by atoms with Gasteiger partial charge in [-0.15, -0.1) is 10.2 Å². The molecule has 1 aliphatic heterocycles. The van der Waals surface area contributed by atoms with Crippen LogP contribution in [-0.4, -0.2) is 31.9 Å². The van der Waals surface area contributed by atoms with E-state index in [1.54, 1.807) is 12.1 Å². The van der Waals surface area contributed by atoms with E-state index in [1.165, 1.54) is 72.4 Å². The largest absolute Gasteiger partial charge is 0.507 e. The number of nitro benzene ring substituents is 1. The van der Waals surface area contributed by atoms with E-state index in [0.29, 0.717) is 15.1 Å². The number of thioether (sulfide) groups is 1. The number of amides is 1. The fourth-order valence-electron chi connectivity index (χ4n) is 4.00. The van der Waals surface area contributed by atoms with Crippen molar-refractivity contribution in [3.63, 3.8) is 0 Å². The number of Topliss-reactive ketones (excluding diaryl/α,β-unsaturated/α-hetero) is 1. The van der Waals surface area contributed by atoms with Gasteiger partial charge in [0.05, 0.1) is 16.5 Å². The quantitative estimate of drug-likeness (QED) is 0.0522. The standard InChI is InChI=1S/C26H16ClFN4O5S2/c27-17-8-6-15(7-9-17)22(33)20-21(16-2-1-3-19(12-16)32(36)37)31(24(35)23(20)34)25-29-30-26(39-25)38-13-14-4-10-18(28)11-5-14/h1-12,21,33H,13H2/b22-20-. The molecule has 1 atom stereocenters. The summed E-state index contributed by atoms with van der Waals surface area (Å²) < 4.78 is 13.7. The summed E-state index contributed by atoms with van der Waals surface area (Å²) in [5.41, 5.74) is 0.810. The zero-order chi connectivity index (χ0) is 27.7. The zero-order valence-corrected chi connectivity index (χ0v) is 22.0. The Balaban J connectivity index is 1.56. The minimum absolute atomic E-state index is 0.0744. The molecular formula is C26H16ClFN4O5S2. The summed E-state index contributed by atoms with van der Waals surface area (Å²) in [6.45, 7) is 0. The van der Waals surface area contributed by atoms with Crippen molar-refractivity contribution in [2.45, 2.75) is 16.1 Å². The Hall–Kier alpha value is -4.13. The Morgan fingerprint density at radius 2 is 1.82 bits per heavy atom. The van der Waals surface area contributed by atoms with Gasteiger partial charge in [0.15, 0.2) is 4.34 Å². The van der Waals surface area contributed by atoms with Gasteiger partial charge in [0, 0.05) is 28.5 Å². The van der Waals surface area contributed by atoms with Crippen molar-refractivity contribution in [2.75, 3.05) is 4.90 Å². The zero-order valence-electron chi connectivity index (χ0n) is 19.7. The van der Waals surface area contributed by atoms with Gasteiger partial charge < -0.3 is 5.11 Å². The number of hydrogen-bond donors (Lipinski definition) is 1. The number of ketones is 1. The van der Waals surface area contributed by atoms with Gasteiger partial charge in [-0.05, 0) is 47.5 Å². The third-order valence-electron chi connectivity index (χ3n) is 5.84. The first kappa shape index (κ1) is 26.5. The first-order valence-electron chi connectivity index (χ1n) is 11.2. The van der Waals surface area contributed by atoms with Crippen molar-refractivity contribution in [1.29, 1.82) is 0 Å². The van der Waals surface area contributed by atoms with E-state index in [0.717, 1.165) is 21.8 Å². The van der Waals surface area contributed by atoms with Crippen LogP contribution in [0.4, 0.5) is 15.2 Å². The first-order valence-corrected chi connectivity index (χ1v) is 13.4. The third-order valence-corrected chi connectivity index (χ3v) is 8.22. The second kappa shape index (κ2) is 10.9. The van der Waals surface area contributed by atoms with Crippen LogP contribution in [0.25, 0.3) is 5.76 Å². The van der Waals surface area contributed by atoms with Gasteiger partial charge in [-0.25, -0.2) is 4.39 Å². The number of hydrogen-bond acceptors (Lipinski definition) is 9. The summed E-state index contributed by atoms with van der Waals surface area (Å²) in [5.74, 6) is -2.29. The fraction of sp³-hybridized carbons (Fsp3) is 0.0769. The molecular weight excluding hydrogens is 567 g/mol. The minimum Gasteiger partial charge on any atom is -0.507 e. The Morgan fingerprint density at radius 1 is 1.10 bits per heavy atom. The van der Waals surface area contributed by atoms with Gasteiger partial charge in [-0.1, -0.05) is 59.0 Å². The molecule has 0 spiro atoms. The lowest BCUT2D eigenvalue weighted by Gasteiger charge is -2.22. The number of aromatic nitrogens is 2. The number of rotatable bonds is 7. The van der Waals surface area contributed by atoms with Crippen LogP contribution in [0.1, 0.15) is 22.7 Å². The maximum Gasteiger partial charge on any atom is 0.301 e. The molecule has 0 aliphatic carbocycles. The van der Waals surface area contributed by atoms with Crippen molar-refractivity contribution in [1.82, 2.24) is 10.2 Å². The number of nitrogens with zero attached hydrogens (tertiary/aromatic N) is 4. The SMILES string of the molecule is O=C1C(=O)N(c2nnc(SCc3ccc(F)cc3)s2)C(c2cccc([N+](=O)[O-])c2)/C1=C(/O)c1ccc(Cl)cc1. The van der Waals surface area contributed by atoms with E-state index >= 15 is 0 Å². The van der Waals surface area contributed by atoms with E-state index in [9.17, 15) is 29.2 Å². The second-order valence-corrected chi connectivity index (χ2v) is 10.9. The second-order valence-electron chi connectivity index (χ2n) is 8.29. The molecule has 0 bridgehead atoms. The number of halogens is 2. The van der Waals surface area contributed by atoms with E-state index in [1.807, 2.05) is 0 Å². The molecule has 1 unspecified atom stereocenters. The summed E-state index contributed by atoms with van der Waals surface area (Å²) in [6, 6.07) is 16.3. The first-order chi connectivity index (χ1) is 18.7. The highest BCUT2D eigenvalue weighted by Crippen LogP contribution is 2.44. The maximum absolute atomic E-state index is 13.3. The predicted molar refractivity (Wildman–Crippen MR) is 145 cm³/mol. The Bertz CT molecular complexity index is 1630. The molecule has 1 aromatic heterocycles. The highest BCUT2D eigenvalue weighted by Gasteiger charge is 2.48. The molecule has 39 heavy (non-hydrogen) atoms. The van der Waals surface area contributed by atoms with Crippen LogP contribution in [0.5, 0.6) is 0 Å². The molecule has 13 heteroatoms. The maximum atomic E-state index is 13.3. The van der Waals surface area contributed by atoms with Crippen LogP contribution in [-0.2, 0) is 15.3 Å². The van der Waals surface area contributed by atoms with E-state index in [-0.39, 0.29) is 33.3 Å². The van der Waals surface area contributed by atoms with Gasteiger partial charge >= 0.3 is 5.91 Å². The highest BCUT2D eigenvalue weighted by atomic mass is 35.5. The number of aliphatic hydroxyl groups is 1. The predicted octanol–water partition coefficient (Wildman–Crippen LogP) is 6.16. The molecule has 1 saturated heterocycles. The molecule has 2 heterocycles. The number of carbonyl (C=O) groups excluding carboxylic acids is 2.